The fourth-order valence-corrected chi connectivity index (χ4v) is 1.78. The first-order valence-electron chi connectivity index (χ1n) is 5.19. The van der Waals surface area contributed by atoms with Gasteiger partial charge in [-0.3, -0.25) is 4.79 Å². The summed E-state index contributed by atoms with van der Waals surface area (Å²) in [7, 11) is 0. The predicted octanol–water partition coefficient (Wildman–Crippen LogP) is 0.263. The largest absolute Gasteiger partial charge is 0.377 e. The molecule has 14 heavy (non-hydrogen) atoms. The van der Waals surface area contributed by atoms with Crippen LogP contribution in [-0.2, 0) is 9.53 Å². The maximum atomic E-state index is 11.2. The molecule has 0 aliphatic carbocycles. The van der Waals surface area contributed by atoms with E-state index in [4.69, 9.17) is 10.5 Å². The maximum absolute atomic E-state index is 11.2. The van der Waals surface area contributed by atoms with Gasteiger partial charge in [-0.25, -0.2) is 0 Å². The van der Waals surface area contributed by atoms with E-state index < -0.39 is 0 Å². The van der Waals surface area contributed by atoms with Crippen LogP contribution in [0.5, 0.6) is 0 Å². The van der Waals surface area contributed by atoms with Crippen LogP contribution in [0.3, 0.4) is 0 Å². The highest BCUT2D eigenvalue weighted by molar-refractivity contribution is 5.80. The molecule has 3 unspecified atom stereocenters. The number of nitrogens with one attached hydrogen (secondary N) is 1. The van der Waals surface area contributed by atoms with Crippen molar-refractivity contribution >= 4 is 5.91 Å². The van der Waals surface area contributed by atoms with Gasteiger partial charge in [-0.2, -0.15) is 0 Å². The van der Waals surface area contributed by atoms with Crippen LogP contribution in [0, 0.1) is 5.92 Å². The molecule has 0 bridgehead atoms. The standard InChI is InChI=1S/C10H20N2O2/c1-6(2)9(10(11)13)12-8-4-5-14-7(8)3/h6-9,12H,4-5H2,1-3H3,(H2,11,13). The average Bonchev–Trinajstić information content (AvgIpc) is 2.46. The van der Waals surface area contributed by atoms with Crippen LogP contribution in [0.1, 0.15) is 27.2 Å². The molecule has 1 amide bonds. The number of nitrogens with two attached hydrogens (primary N) is 1. The first-order valence-corrected chi connectivity index (χ1v) is 5.19. The number of hydrogen-bond donors (Lipinski definition) is 2. The van der Waals surface area contributed by atoms with Crippen molar-refractivity contribution in [3.8, 4) is 0 Å². The third-order valence-electron chi connectivity index (χ3n) is 2.74. The highest BCUT2D eigenvalue weighted by Gasteiger charge is 2.29. The summed E-state index contributed by atoms with van der Waals surface area (Å²) in [6.45, 7) is 6.76. The normalized spacial score (nSPS) is 29.4. The SMILES string of the molecule is CC(C)C(NC1CCOC1C)C(N)=O. The molecule has 0 aromatic heterocycles. The van der Waals surface area contributed by atoms with Crippen LogP contribution in [0.2, 0.25) is 0 Å². The van der Waals surface area contributed by atoms with Crippen molar-refractivity contribution in [2.45, 2.75) is 45.4 Å². The van der Waals surface area contributed by atoms with Crippen molar-refractivity contribution in [1.29, 1.82) is 0 Å². The van der Waals surface area contributed by atoms with Crippen molar-refractivity contribution in [1.82, 2.24) is 5.32 Å². The number of ether oxygens (including phenoxy) is 1. The van der Waals surface area contributed by atoms with E-state index in [0.29, 0.717) is 0 Å². The molecule has 4 nitrogen and oxygen atoms in total. The van der Waals surface area contributed by atoms with Crippen LogP contribution in [-0.4, -0.2) is 30.7 Å². The summed E-state index contributed by atoms with van der Waals surface area (Å²) in [4.78, 5) is 11.2. The van der Waals surface area contributed by atoms with Crippen LogP contribution in [0.25, 0.3) is 0 Å². The second-order valence-electron chi connectivity index (χ2n) is 4.26. The van der Waals surface area contributed by atoms with Gasteiger partial charge in [-0.05, 0) is 19.3 Å². The number of hydrogen-bond acceptors (Lipinski definition) is 3. The zero-order chi connectivity index (χ0) is 10.7. The van der Waals surface area contributed by atoms with Crippen molar-refractivity contribution in [2.75, 3.05) is 6.61 Å². The number of amides is 1. The minimum absolute atomic E-state index is 0.176. The van der Waals surface area contributed by atoms with Gasteiger partial charge < -0.3 is 15.8 Å². The molecule has 0 aromatic carbocycles. The summed E-state index contributed by atoms with van der Waals surface area (Å²) >= 11 is 0. The summed E-state index contributed by atoms with van der Waals surface area (Å²) in [6, 6.07) is 0.0130. The Morgan fingerprint density at radius 2 is 2.21 bits per heavy atom. The van der Waals surface area contributed by atoms with Gasteiger partial charge in [0.2, 0.25) is 5.91 Å². The van der Waals surface area contributed by atoms with Gasteiger partial charge in [0.15, 0.2) is 0 Å². The number of carbonyl (C=O) groups is 1. The molecule has 3 atom stereocenters. The monoisotopic (exact) mass is 200 g/mol. The van der Waals surface area contributed by atoms with Gasteiger partial charge >= 0.3 is 0 Å². The lowest BCUT2D eigenvalue weighted by Crippen LogP contribution is -2.51. The molecular formula is C10H20N2O2. The van der Waals surface area contributed by atoms with Crippen molar-refractivity contribution in [3.63, 3.8) is 0 Å². The predicted molar refractivity (Wildman–Crippen MR) is 54.8 cm³/mol. The lowest BCUT2D eigenvalue weighted by Gasteiger charge is -2.24. The molecule has 1 rings (SSSR count). The fourth-order valence-electron chi connectivity index (χ4n) is 1.78. The molecule has 82 valence electrons. The Morgan fingerprint density at radius 3 is 2.57 bits per heavy atom. The third kappa shape index (κ3) is 2.69. The van der Waals surface area contributed by atoms with E-state index >= 15 is 0 Å². The van der Waals surface area contributed by atoms with Crippen LogP contribution < -0.4 is 11.1 Å². The van der Waals surface area contributed by atoms with Gasteiger partial charge in [0.25, 0.3) is 0 Å². The van der Waals surface area contributed by atoms with Crippen LogP contribution in [0.4, 0.5) is 0 Å². The first-order chi connectivity index (χ1) is 6.52. The topological polar surface area (TPSA) is 64.3 Å². The summed E-state index contributed by atoms with van der Waals surface area (Å²) in [5, 5.41) is 3.27. The van der Waals surface area contributed by atoms with E-state index in [1.165, 1.54) is 0 Å². The number of rotatable bonds is 4. The van der Waals surface area contributed by atoms with E-state index in [-0.39, 0.29) is 30.0 Å². The molecule has 0 saturated carbocycles. The summed E-state index contributed by atoms with van der Waals surface area (Å²) < 4.78 is 5.41. The molecule has 1 aliphatic rings. The Balaban J connectivity index is 2.50. The number of primary amides is 1. The molecular weight excluding hydrogens is 180 g/mol. The summed E-state index contributed by atoms with van der Waals surface area (Å²) in [6.07, 6.45) is 1.13. The summed E-state index contributed by atoms with van der Waals surface area (Å²) in [5.74, 6) is -0.0561. The van der Waals surface area contributed by atoms with Crippen molar-refractivity contribution < 1.29 is 9.53 Å². The molecule has 3 N–H and O–H groups in total. The van der Waals surface area contributed by atoms with Gasteiger partial charge in [0.1, 0.15) is 0 Å². The van der Waals surface area contributed by atoms with E-state index in [1.54, 1.807) is 0 Å². The van der Waals surface area contributed by atoms with E-state index in [2.05, 4.69) is 5.32 Å². The van der Waals surface area contributed by atoms with Crippen molar-refractivity contribution in [3.05, 3.63) is 0 Å². The molecule has 1 heterocycles. The Labute approximate surface area is 85.2 Å². The zero-order valence-electron chi connectivity index (χ0n) is 9.12. The highest BCUT2D eigenvalue weighted by Crippen LogP contribution is 2.14. The zero-order valence-corrected chi connectivity index (χ0v) is 9.12. The van der Waals surface area contributed by atoms with Crippen molar-refractivity contribution in [2.24, 2.45) is 11.7 Å². The fraction of sp³-hybridized carbons (Fsp3) is 0.900. The Hall–Kier alpha value is -0.610. The molecule has 0 radical (unpaired) electrons. The van der Waals surface area contributed by atoms with Crippen LogP contribution in [0.15, 0.2) is 0 Å². The van der Waals surface area contributed by atoms with E-state index in [0.717, 1.165) is 13.0 Å². The summed E-state index contributed by atoms with van der Waals surface area (Å²) in [5.41, 5.74) is 5.32. The molecule has 1 saturated heterocycles. The Bertz CT molecular complexity index is 206. The van der Waals surface area contributed by atoms with Gasteiger partial charge in [-0.15, -0.1) is 0 Å². The van der Waals surface area contributed by atoms with Crippen LogP contribution >= 0.6 is 0 Å². The van der Waals surface area contributed by atoms with Gasteiger partial charge in [0.05, 0.1) is 12.1 Å². The molecule has 0 aromatic rings. The molecule has 1 fully saturated rings. The lowest BCUT2D eigenvalue weighted by molar-refractivity contribution is -0.121. The average molecular weight is 200 g/mol. The van der Waals surface area contributed by atoms with Gasteiger partial charge in [-0.1, -0.05) is 13.8 Å². The second kappa shape index (κ2) is 4.75. The Morgan fingerprint density at radius 1 is 1.57 bits per heavy atom. The number of carbonyl (C=O) groups excluding carboxylic acids is 1. The second-order valence-corrected chi connectivity index (χ2v) is 4.26. The minimum Gasteiger partial charge on any atom is -0.377 e. The van der Waals surface area contributed by atoms with E-state index in [1.807, 2.05) is 20.8 Å². The van der Waals surface area contributed by atoms with Gasteiger partial charge in [0, 0.05) is 12.6 Å². The highest BCUT2D eigenvalue weighted by atomic mass is 16.5. The first kappa shape index (κ1) is 11.5. The lowest BCUT2D eigenvalue weighted by atomic mass is 10.0. The quantitative estimate of drug-likeness (QED) is 0.684. The molecule has 1 aliphatic heterocycles. The molecule has 4 heteroatoms. The smallest absolute Gasteiger partial charge is 0.234 e. The van der Waals surface area contributed by atoms with E-state index in [9.17, 15) is 4.79 Å². The molecule has 0 spiro atoms. The maximum Gasteiger partial charge on any atom is 0.234 e. The minimum atomic E-state index is -0.279. The third-order valence-corrected chi connectivity index (χ3v) is 2.74. The Kier molecular flexibility index (Phi) is 3.89.